The van der Waals surface area contributed by atoms with Gasteiger partial charge in [-0.25, -0.2) is 9.97 Å². The second kappa shape index (κ2) is 7.48. The average molecular weight is 398 g/mol. The van der Waals surface area contributed by atoms with Crippen molar-refractivity contribution in [3.63, 3.8) is 0 Å². The number of fused-ring (bicyclic) bond motifs is 2. The summed E-state index contributed by atoms with van der Waals surface area (Å²) in [6, 6.07) is 20.8. The molecule has 0 atom stereocenters. The fourth-order valence-electron chi connectivity index (χ4n) is 3.50. The first-order valence-electron chi connectivity index (χ1n) is 9.41. The second-order valence-electron chi connectivity index (χ2n) is 6.90. The lowest BCUT2D eigenvalue weighted by Gasteiger charge is -2.00. The number of anilines is 1. The molecule has 2 aromatic carbocycles. The van der Waals surface area contributed by atoms with Gasteiger partial charge in [-0.3, -0.25) is 5.43 Å². The van der Waals surface area contributed by atoms with E-state index in [1.165, 1.54) is 10.4 Å². The molecule has 0 spiro atoms. The number of H-pyrrole nitrogens is 1. The number of thiophene rings is 1. The van der Waals surface area contributed by atoms with Crippen LogP contribution >= 0.6 is 11.3 Å². The minimum Gasteiger partial charge on any atom is -0.358 e. The quantitative estimate of drug-likeness (QED) is 0.303. The maximum absolute atomic E-state index is 4.46. The molecule has 0 amide bonds. The predicted molar refractivity (Wildman–Crippen MR) is 121 cm³/mol. The molecule has 142 valence electrons. The van der Waals surface area contributed by atoms with Gasteiger partial charge in [0.25, 0.3) is 0 Å². The number of nitrogens with one attached hydrogen (secondary N) is 2. The number of hydrazone groups is 1. The summed E-state index contributed by atoms with van der Waals surface area (Å²) in [5, 5.41) is 6.61. The molecule has 5 rings (SSSR count). The second-order valence-corrected chi connectivity index (χ2v) is 8.01. The van der Waals surface area contributed by atoms with Gasteiger partial charge in [0.15, 0.2) is 5.82 Å². The molecule has 3 heterocycles. The highest BCUT2D eigenvalue weighted by Crippen LogP contribution is 2.29. The zero-order valence-electron chi connectivity index (χ0n) is 15.9. The molecule has 5 aromatic rings. The van der Waals surface area contributed by atoms with Crippen molar-refractivity contribution in [3.05, 3.63) is 88.7 Å². The van der Waals surface area contributed by atoms with Crippen LogP contribution in [-0.4, -0.2) is 21.2 Å². The Morgan fingerprint density at radius 2 is 1.86 bits per heavy atom. The van der Waals surface area contributed by atoms with E-state index in [0.717, 1.165) is 44.6 Å². The molecule has 2 N–H and O–H groups in total. The largest absolute Gasteiger partial charge is 0.358 e. The summed E-state index contributed by atoms with van der Waals surface area (Å²) >= 11 is 1.69. The molecule has 29 heavy (non-hydrogen) atoms. The molecule has 0 saturated carbocycles. The normalized spacial score (nSPS) is 11.6. The number of aromatic amines is 1. The van der Waals surface area contributed by atoms with Crippen LogP contribution in [-0.2, 0) is 6.42 Å². The highest BCUT2D eigenvalue weighted by molar-refractivity contribution is 7.18. The number of nitrogens with zero attached hydrogens (tertiary/aromatic N) is 3. The molecule has 5 nitrogen and oxygen atoms in total. The van der Waals surface area contributed by atoms with Gasteiger partial charge in [-0.05, 0) is 24.6 Å². The van der Waals surface area contributed by atoms with Crippen molar-refractivity contribution in [1.29, 1.82) is 0 Å². The van der Waals surface area contributed by atoms with Gasteiger partial charge in [-0.1, -0.05) is 48.5 Å². The maximum Gasteiger partial charge on any atom is 0.158 e. The molecule has 0 aliphatic carbocycles. The molecule has 0 unspecified atom stereocenters. The Hall–Kier alpha value is -3.51. The molecule has 0 bridgehead atoms. The minimum absolute atomic E-state index is 0.722. The summed E-state index contributed by atoms with van der Waals surface area (Å²) in [4.78, 5) is 14.4. The van der Waals surface area contributed by atoms with Crippen LogP contribution in [0.1, 0.15) is 21.7 Å². The van der Waals surface area contributed by atoms with Crippen LogP contribution < -0.4 is 5.43 Å². The molecular formula is C23H19N5S. The van der Waals surface area contributed by atoms with Crippen LogP contribution in [0.25, 0.3) is 21.1 Å². The number of hydrogen-bond acceptors (Lipinski definition) is 5. The van der Waals surface area contributed by atoms with Gasteiger partial charge in [-0.2, -0.15) is 5.10 Å². The van der Waals surface area contributed by atoms with Gasteiger partial charge in [0.1, 0.15) is 11.2 Å². The smallest absolute Gasteiger partial charge is 0.158 e. The summed E-state index contributed by atoms with van der Waals surface area (Å²) in [5.74, 6) is 0.722. The molecule has 0 aliphatic heterocycles. The van der Waals surface area contributed by atoms with E-state index in [1.807, 2.05) is 24.4 Å². The first kappa shape index (κ1) is 17.6. The van der Waals surface area contributed by atoms with E-state index in [2.05, 4.69) is 74.9 Å². The molecule has 3 aromatic heterocycles. The van der Waals surface area contributed by atoms with E-state index >= 15 is 0 Å². The fraction of sp³-hybridized carbons (Fsp3) is 0.0870. The minimum atomic E-state index is 0.722. The number of hydrogen-bond donors (Lipinski definition) is 2. The first-order valence-corrected chi connectivity index (χ1v) is 10.2. The summed E-state index contributed by atoms with van der Waals surface area (Å²) in [7, 11) is 0. The predicted octanol–water partition coefficient (Wildman–Crippen LogP) is 5.52. The lowest BCUT2D eigenvalue weighted by atomic mass is 10.1. The third-order valence-electron chi connectivity index (χ3n) is 4.91. The van der Waals surface area contributed by atoms with E-state index in [9.17, 15) is 0 Å². The van der Waals surface area contributed by atoms with Crippen LogP contribution in [0.4, 0.5) is 5.82 Å². The number of rotatable bonds is 5. The summed E-state index contributed by atoms with van der Waals surface area (Å²) in [5.41, 5.74) is 7.67. The summed E-state index contributed by atoms with van der Waals surface area (Å²) < 4.78 is 0. The van der Waals surface area contributed by atoms with Gasteiger partial charge in [-0.15, -0.1) is 11.3 Å². The third kappa shape index (κ3) is 3.50. The Morgan fingerprint density at radius 1 is 1.03 bits per heavy atom. The Kier molecular flexibility index (Phi) is 4.54. The molecule has 0 saturated heterocycles. The van der Waals surface area contributed by atoms with E-state index in [4.69, 9.17) is 0 Å². The average Bonchev–Trinajstić information content (AvgIpc) is 3.29. The molecular weight excluding hydrogens is 378 g/mol. The van der Waals surface area contributed by atoms with Crippen molar-refractivity contribution >= 4 is 44.5 Å². The maximum atomic E-state index is 4.46. The van der Waals surface area contributed by atoms with Crippen molar-refractivity contribution in [2.45, 2.75) is 13.3 Å². The van der Waals surface area contributed by atoms with Crippen molar-refractivity contribution in [2.24, 2.45) is 5.10 Å². The molecule has 0 aliphatic rings. The monoisotopic (exact) mass is 397 g/mol. The SMILES string of the molecule is Cc1[nH]c2ccccc2c1C=NNc1ncnc2sc(Cc3ccccc3)cc12. The Bertz CT molecular complexity index is 1320. The summed E-state index contributed by atoms with van der Waals surface area (Å²) in [6.45, 7) is 2.05. The van der Waals surface area contributed by atoms with E-state index in [1.54, 1.807) is 17.7 Å². The van der Waals surface area contributed by atoms with E-state index in [-0.39, 0.29) is 0 Å². The van der Waals surface area contributed by atoms with E-state index < -0.39 is 0 Å². The first-order chi connectivity index (χ1) is 14.3. The van der Waals surface area contributed by atoms with Crippen LogP contribution in [0.15, 0.2) is 72.1 Å². The van der Waals surface area contributed by atoms with Crippen molar-refractivity contribution < 1.29 is 0 Å². The fourth-order valence-corrected chi connectivity index (χ4v) is 4.53. The van der Waals surface area contributed by atoms with Crippen molar-refractivity contribution in [1.82, 2.24) is 15.0 Å². The van der Waals surface area contributed by atoms with Gasteiger partial charge in [0.05, 0.1) is 11.6 Å². The lowest BCUT2D eigenvalue weighted by molar-refractivity contribution is 1.19. The third-order valence-corrected chi connectivity index (χ3v) is 5.95. The van der Waals surface area contributed by atoms with Gasteiger partial charge in [0.2, 0.25) is 0 Å². The highest BCUT2D eigenvalue weighted by Gasteiger charge is 2.09. The number of aromatic nitrogens is 3. The topological polar surface area (TPSA) is 66.0 Å². The van der Waals surface area contributed by atoms with Gasteiger partial charge >= 0.3 is 0 Å². The van der Waals surface area contributed by atoms with E-state index in [0.29, 0.717) is 0 Å². The zero-order valence-corrected chi connectivity index (χ0v) is 16.7. The Balaban J connectivity index is 1.41. The summed E-state index contributed by atoms with van der Waals surface area (Å²) in [6.07, 6.45) is 4.32. The van der Waals surface area contributed by atoms with Crippen LogP contribution in [0.2, 0.25) is 0 Å². The lowest BCUT2D eigenvalue weighted by Crippen LogP contribution is -1.95. The van der Waals surface area contributed by atoms with Gasteiger partial charge in [0, 0.05) is 33.5 Å². The van der Waals surface area contributed by atoms with Crippen LogP contribution in [0.5, 0.6) is 0 Å². The number of aryl methyl sites for hydroxylation is 1. The molecule has 6 heteroatoms. The highest BCUT2D eigenvalue weighted by atomic mass is 32.1. The Morgan fingerprint density at radius 3 is 2.76 bits per heavy atom. The number of para-hydroxylation sites is 1. The molecule has 0 fully saturated rings. The number of benzene rings is 2. The zero-order chi connectivity index (χ0) is 19.6. The standard InChI is InChI=1S/C23H19N5S/c1-15-20(18-9-5-6-10-21(18)27-15)13-26-28-22-19-12-17(29-23(19)25-14-24-22)11-16-7-3-2-4-8-16/h2-10,12-14,27H,11H2,1H3,(H,24,25,28). The van der Waals surface area contributed by atoms with Crippen molar-refractivity contribution in [3.8, 4) is 0 Å². The van der Waals surface area contributed by atoms with Crippen LogP contribution in [0, 0.1) is 6.92 Å². The molecule has 0 radical (unpaired) electrons. The Labute approximate surface area is 172 Å². The van der Waals surface area contributed by atoms with Gasteiger partial charge < -0.3 is 4.98 Å². The van der Waals surface area contributed by atoms with Crippen LogP contribution in [0.3, 0.4) is 0 Å². The van der Waals surface area contributed by atoms with Crippen molar-refractivity contribution in [2.75, 3.05) is 5.43 Å².